The number of halogens is 2. The van der Waals surface area contributed by atoms with E-state index in [4.69, 9.17) is 9.47 Å². The molecule has 0 unspecified atom stereocenters. The van der Waals surface area contributed by atoms with Crippen LogP contribution >= 0.6 is 0 Å². The molecule has 0 N–H and O–H groups in total. The lowest BCUT2D eigenvalue weighted by Crippen LogP contribution is -2.10. The molecule has 0 aliphatic heterocycles. The van der Waals surface area contributed by atoms with E-state index in [0.29, 0.717) is 11.5 Å². The standard InChI is InChI=1S/C14H20F2O2/c1-14(2,3)8-10-5-6-11(12(7-10)17-4)18-9-13(15)16/h5-7,13H,8-9H2,1-4H3. The maximum atomic E-state index is 12.1. The number of hydrogen-bond acceptors (Lipinski definition) is 2. The predicted octanol–water partition coefficient (Wildman–Crippen LogP) is 3.93. The molecule has 0 saturated heterocycles. The Morgan fingerprint density at radius 1 is 1.17 bits per heavy atom. The first kappa shape index (κ1) is 14.7. The second kappa shape index (κ2) is 6.03. The van der Waals surface area contributed by atoms with E-state index in [0.717, 1.165) is 12.0 Å². The molecule has 4 heteroatoms. The molecule has 0 amide bonds. The molecule has 18 heavy (non-hydrogen) atoms. The van der Waals surface area contributed by atoms with E-state index in [2.05, 4.69) is 20.8 Å². The fourth-order valence-electron chi connectivity index (χ4n) is 1.71. The van der Waals surface area contributed by atoms with E-state index >= 15 is 0 Å². The molecule has 0 bridgehead atoms. The molecule has 0 heterocycles. The van der Waals surface area contributed by atoms with Gasteiger partial charge in [-0.25, -0.2) is 8.78 Å². The van der Waals surface area contributed by atoms with E-state index in [1.165, 1.54) is 7.11 Å². The van der Waals surface area contributed by atoms with Crippen molar-refractivity contribution < 1.29 is 18.3 Å². The molecule has 0 aliphatic rings. The molecule has 1 aromatic rings. The lowest BCUT2D eigenvalue weighted by molar-refractivity contribution is 0.0804. The molecule has 2 nitrogen and oxygen atoms in total. The van der Waals surface area contributed by atoms with Crippen molar-refractivity contribution in [3.05, 3.63) is 23.8 Å². The summed E-state index contributed by atoms with van der Waals surface area (Å²) in [6.07, 6.45) is -1.60. The van der Waals surface area contributed by atoms with E-state index < -0.39 is 13.0 Å². The SMILES string of the molecule is COc1cc(CC(C)(C)C)ccc1OCC(F)F. The van der Waals surface area contributed by atoms with Gasteiger partial charge in [0.25, 0.3) is 6.43 Å². The topological polar surface area (TPSA) is 18.5 Å². The average molecular weight is 258 g/mol. The Kier molecular flexibility index (Phi) is 4.93. The van der Waals surface area contributed by atoms with E-state index in [1.54, 1.807) is 6.07 Å². The fourth-order valence-corrected chi connectivity index (χ4v) is 1.71. The molecule has 0 atom stereocenters. The molecule has 102 valence electrons. The van der Waals surface area contributed by atoms with Crippen molar-refractivity contribution in [3.63, 3.8) is 0 Å². The van der Waals surface area contributed by atoms with Crippen LogP contribution in [-0.2, 0) is 6.42 Å². The van der Waals surface area contributed by atoms with Crippen molar-refractivity contribution in [3.8, 4) is 11.5 Å². The lowest BCUT2D eigenvalue weighted by Gasteiger charge is -2.19. The Morgan fingerprint density at radius 3 is 2.33 bits per heavy atom. The molecule has 0 aliphatic carbocycles. The highest BCUT2D eigenvalue weighted by atomic mass is 19.3. The zero-order chi connectivity index (χ0) is 13.8. The minimum Gasteiger partial charge on any atom is -0.493 e. The number of methoxy groups -OCH3 is 1. The molecular weight excluding hydrogens is 238 g/mol. The Labute approximate surface area is 107 Å². The Hall–Kier alpha value is -1.32. The summed E-state index contributed by atoms with van der Waals surface area (Å²) in [5, 5.41) is 0. The minimum atomic E-state index is -2.48. The number of hydrogen-bond donors (Lipinski definition) is 0. The third-order valence-electron chi connectivity index (χ3n) is 2.33. The summed E-state index contributed by atoms with van der Waals surface area (Å²) in [4.78, 5) is 0. The Bertz CT molecular complexity index is 384. The molecule has 0 radical (unpaired) electrons. The van der Waals surface area contributed by atoms with Crippen LogP contribution in [0.1, 0.15) is 26.3 Å². The molecular formula is C14H20F2O2. The van der Waals surface area contributed by atoms with Crippen molar-refractivity contribution in [1.82, 2.24) is 0 Å². The number of rotatable bonds is 5. The van der Waals surface area contributed by atoms with Crippen LogP contribution in [0.25, 0.3) is 0 Å². The first-order chi connectivity index (χ1) is 8.31. The van der Waals surface area contributed by atoms with Gasteiger partial charge in [-0.1, -0.05) is 26.8 Å². The van der Waals surface area contributed by atoms with Gasteiger partial charge < -0.3 is 9.47 Å². The van der Waals surface area contributed by atoms with Gasteiger partial charge in [-0.05, 0) is 29.5 Å². The maximum Gasteiger partial charge on any atom is 0.272 e. The number of benzene rings is 1. The van der Waals surface area contributed by atoms with Crippen LogP contribution < -0.4 is 9.47 Å². The summed E-state index contributed by atoms with van der Waals surface area (Å²) in [5.41, 5.74) is 1.26. The smallest absolute Gasteiger partial charge is 0.272 e. The molecule has 0 aromatic heterocycles. The second-order valence-electron chi connectivity index (χ2n) is 5.42. The quantitative estimate of drug-likeness (QED) is 0.796. The molecule has 0 fully saturated rings. The van der Waals surface area contributed by atoms with E-state index in [1.807, 2.05) is 12.1 Å². The van der Waals surface area contributed by atoms with Gasteiger partial charge in [0.2, 0.25) is 0 Å². The van der Waals surface area contributed by atoms with Gasteiger partial charge in [0.15, 0.2) is 11.5 Å². The van der Waals surface area contributed by atoms with Gasteiger partial charge in [-0.2, -0.15) is 0 Å². The van der Waals surface area contributed by atoms with Crippen molar-refractivity contribution in [2.24, 2.45) is 5.41 Å². The predicted molar refractivity (Wildman–Crippen MR) is 67.7 cm³/mol. The highest BCUT2D eigenvalue weighted by Crippen LogP contribution is 2.31. The summed E-state index contributed by atoms with van der Waals surface area (Å²) in [6.45, 7) is 5.80. The highest BCUT2D eigenvalue weighted by Gasteiger charge is 2.14. The Morgan fingerprint density at radius 2 is 1.83 bits per heavy atom. The van der Waals surface area contributed by atoms with Crippen LogP contribution in [0.5, 0.6) is 11.5 Å². The van der Waals surface area contributed by atoms with Crippen LogP contribution in [0.3, 0.4) is 0 Å². The largest absolute Gasteiger partial charge is 0.493 e. The molecule has 1 aromatic carbocycles. The fraction of sp³-hybridized carbons (Fsp3) is 0.571. The minimum absolute atomic E-state index is 0.163. The summed E-state index contributed by atoms with van der Waals surface area (Å²) in [6, 6.07) is 5.41. The van der Waals surface area contributed by atoms with Gasteiger partial charge in [0, 0.05) is 0 Å². The summed E-state index contributed by atoms with van der Waals surface area (Å²) in [7, 11) is 1.51. The van der Waals surface area contributed by atoms with Crippen LogP contribution in [0, 0.1) is 5.41 Å². The molecule has 0 spiro atoms. The first-order valence-electron chi connectivity index (χ1n) is 5.89. The Balaban J connectivity index is 2.83. The number of alkyl halides is 2. The van der Waals surface area contributed by atoms with E-state index in [-0.39, 0.29) is 5.41 Å². The average Bonchev–Trinajstić information content (AvgIpc) is 2.24. The molecule has 1 rings (SSSR count). The van der Waals surface area contributed by atoms with Gasteiger partial charge in [0.1, 0.15) is 6.61 Å². The van der Waals surface area contributed by atoms with Crippen LogP contribution in [0.15, 0.2) is 18.2 Å². The summed E-state index contributed by atoms with van der Waals surface area (Å²) < 4.78 is 34.3. The second-order valence-corrected chi connectivity index (χ2v) is 5.42. The lowest BCUT2D eigenvalue weighted by atomic mass is 9.88. The maximum absolute atomic E-state index is 12.1. The van der Waals surface area contributed by atoms with E-state index in [9.17, 15) is 8.78 Å². The van der Waals surface area contributed by atoms with Gasteiger partial charge in [-0.15, -0.1) is 0 Å². The number of ether oxygens (including phenoxy) is 2. The normalized spacial score (nSPS) is 11.7. The van der Waals surface area contributed by atoms with Crippen molar-refractivity contribution in [2.75, 3.05) is 13.7 Å². The van der Waals surface area contributed by atoms with Crippen LogP contribution in [0.4, 0.5) is 8.78 Å². The monoisotopic (exact) mass is 258 g/mol. The van der Waals surface area contributed by atoms with Gasteiger partial charge >= 0.3 is 0 Å². The highest BCUT2D eigenvalue weighted by molar-refractivity contribution is 5.43. The first-order valence-corrected chi connectivity index (χ1v) is 5.89. The van der Waals surface area contributed by atoms with Crippen LogP contribution in [-0.4, -0.2) is 20.1 Å². The molecule has 0 saturated carbocycles. The third-order valence-corrected chi connectivity index (χ3v) is 2.33. The summed E-state index contributed by atoms with van der Waals surface area (Å²) in [5.74, 6) is 0.854. The zero-order valence-electron chi connectivity index (χ0n) is 11.3. The van der Waals surface area contributed by atoms with Crippen molar-refractivity contribution in [2.45, 2.75) is 33.6 Å². The van der Waals surface area contributed by atoms with Gasteiger partial charge in [0.05, 0.1) is 7.11 Å². The van der Waals surface area contributed by atoms with Crippen LogP contribution in [0.2, 0.25) is 0 Å². The summed E-state index contributed by atoms with van der Waals surface area (Å²) >= 11 is 0. The van der Waals surface area contributed by atoms with Crippen molar-refractivity contribution in [1.29, 1.82) is 0 Å². The zero-order valence-corrected chi connectivity index (χ0v) is 11.3. The van der Waals surface area contributed by atoms with Gasteiger partial charge in [-0.3, -0.25) is 0 Å². The van der Waals surface area contributed by atoms with Crippen molar-refractivity contribution >= 4 is 0 Å². The third kappa shape index (κ3) is 4.90.